The van der Waals surface area contributed by atoms with Crippen LogP contribution in [0, 0.1) is 5.92 Å². The predicted molar refractivity (Wildman–Crippen MR) is 63.4 cm³/mol. The third-order valence-corrected chi connectivity index (χ3v) is 2.68. The van der Waals surface area contributed by atoms with Crippen LogP contribution in [0.3, 0.4) is 0 Å². The molecule has 1 aliphatic rings. The maximum atomic E-state index is 9.44. The molecule has 88 valence electrons. The third kappa shape index (κ3) is 3.65. The molecule has 1 aromatic rings. The lowest BCUT2D eigenvalue weighted by Gasteiger charge is -2.08. The highest BCUT2D eigenvalue weighted by Crippen LogP contribution is 2.25. The molecule has 3 atom stereocenters. The van der Waals surface area contributed by atoms with Crippen LogP contribution in [0.25, 0.3) is 0 Å². The summed E-state index contributed by atoms with van der Waals surface area (Å²) in [7, 11) is 0. The van der Waals surface area contributed by atoms with E-state index in [9.17, 15) is 5.11 Å². The van der Waals surface area contributed by atoms with E-state index in [2.05, 4.69) is 5.10 Å². The second kappa shape index (κ2) is 6.33. The number of aromatic nitrogens is 2. The van der Waals surface area contributed by atoms with Crippen LogP contribution in [-0.2, 0) is 6.54 Å². The van der Waals surface area contributed by atoms with Crippen LogP contribution in [0.15, 0.2) is 18.5 Å². The Morgan fingerprint density at radius 3 is 2.60 bits per heavy atom. The molecular formula is C9H17Cl2N3O. The van der Waals surface area contributed by atoms with E-state index in [1.807, 2.05) is 16.9 Å². The molecule has 0 amide bonds. The second-order valence-electron chi connectivity index (χ2n) is 3.80. The smallest absolute Gasteiger partial charge is 0.0694 e. The highest BCUT2D eigenvalue weighted by Gasteiger charge is 2.30. The molecule has 0 radical (unpaired) electrons. The zero-order valence-electron chi connectivity index (χ0n) is 8.32. The molecule has 0 spiro atoms. The lowest BCUT2D eigenvalue weighted by molar-refractivity contribution is 0.160. The molecule has 1 heterocycles. The van der Waals surface area contributed by atoms with Gasteiger partial charge in [0.25, 0.3) is 0 Å². The number of halogens is 2. The highest BCUT2D eigenvalue weighted by atomic mass is 35.5. The van der Waals surface area contributed by atoms with Crippen molar-refractivity contribution < 1.29 is 5.11 Å². The minimum absolute atomic E-state index is 0. The Bertz CT molecular complexity index is 258. The molecule has 15 heavy (non-hydrogen) atoms. The average molecular weight is 254 g/mol. The van der Waals surface area contributed by atoms with Crippen LogP contribution in [0.4, 0.5) is 0 Å². The van der Waals surface area contributed by atoms with E-state index < -0.39 is 0 Å². The lowest BCUT2D eigenvalue weighted by Crippen LogP contribution is -2.28. The van der Waals surface area contributed by atoms with E-state index in [0.29, 0.717) is 5.92 Å². The number of rotatable bonds is 2. The number of nitrogens with two attached hydrogens (primary N) is 1. The standard InChI is InChI=1S/C9H15N3O.2ClH/c10-8-4-7(5-9(8)13)6-12-3-1-2-11-12;;/h1-3,7-9,13H,4-6,10H2;2*1H/t7?,8-,9-;;/m1../s1. The Labute approximate surface area is 102 Å². The van der Waals surface area contributed by atoms with Crippen LogP contribution < -0.4 is 5.73 Å². The summed E-state index contributed by atoms with van der Waals surface area (Å²) in [5.74, 6) is 0.477. The topological polar surface area (TPSA) is 64.1 Å². The first kappa shape index (κ1) is 14.7. The maximum absolute atomic E-state index is 9.44. The number of nitrogens with zero attached hydrogens (tertiary/aromatic N) is 2. The molecule has 4 nitrogen and oxygen atoms in total. The van der Waals surface area contributed by atoms with Crippen LogP contribution in [0.1, 0.15) is 12.8 Å². The van der Waals surface area contributed by atoms with Gasteiger partial charge < -0.3 is 10.8 Å². The van der Waals surface area contributed by atoms with Gasteiger partial charge in [0.05, 0.1) is 6.10 Å². The largest absolute Gasteiger partial charge is 0.392 e. The molecule has 1 aliphatic carbocycles. The number of hydrogen-bond acceptors (Lipinski definition) is 3. The molecule has 1 fully saturated rings. The van der Waals surface area contributed by atoms with Gasteiger partial charge in [0.15, 0.2) is 0 Å². The summed E-state index contributed by atoms with van der Waals surface area (Å²) in [5, 5.41) is 13.6. The first-order valence-electron chi connectivity index (χ1n) is 4.67. The van der Waals surface area contributed by atoms with Crippen molar-refractivity contribution in [1.82, 2.24) is 9.78 Å². The molecular weight excluding hydrogens is 237 g/mol. The van der Waals surface area contributed by atoms with Gasteiger partial charge in [0.1, 0.15) is 0 Å². The Hall–Kier alpha value is -0.290. The van der Waals surface area contributed by atoms with Crippen molar-refractivity contribution in [3.05, 3.63) is 18.5 Å². The third-order valence-electron chi connectivity index (χ3n) is 2.68. The molecule has 2 rings (SSSR count). The summed E-state index contributed by atoms with van der Waals surface area (Å²) in [6, 6.07) is 1.87. The van der Waals surface area contributed by atoms with E-state index in [-0.39, 0.29) is 37.0 Å². The highest BCUT2D eigenvalue weighted by molar-refractivity contribution is 5.85. The number of aliphatic hydroxyl groups excluding tert-OH is 1. The van der Waals surface area contributed by atoms with Crippen molar-refractivity contribution in [3.8, 4) is 0 Å². The molecule has 6 heteroatoms. The van der Waals surface area contributed by atoms with Gasteiger partial charge in [0.2, 0.25) is 0 Å². The van der Waals surface area contributed by atoms with Crippen molar-refractivity contribution >= 4 is 24.8 Å². The molecule has 3 N–H and O–H groups in total. The van der Waals surface area contributed by atoms with Gasteiger partial charge in [-0.1, -0.05) is 0 Å². The minimum Gasteiger partial charge on any atom is -0.392 e. The molecule has 1 aromatic heterocycles. The summed E-state index contributed by atoms with van der Waals surface area (Å²) in [4.78, 5) is 0. The van der Waals surface area contributed by atoms with Crippen molar-refractivity contribution in [2.75, 3.05) is 0 Å². The van der Waals surface area contributed by atoms with E-state index in [0.717, 1.165) is 19.4 Å². The molecule has 0 bridgehead atoms. The van der Waals surface area contributed by atoms with Crippen LogP contribution >= 0.6 is 24.8 Å². The number of aliphatic hydroxyl groups is 1. The normalized spacial score (nSPS) is 29.3. The predicted octanol–water partition coefficient (Wildman–Crippen LogP) is 0.825. The van der Waals surface area contributed by atoms with Crippen LogP contribution in [-0.4, -0.2) is 27.0 Å². The minimum atomic E-state index is -0.319. The molecule has 0 aromatic carbocycles. The first-order valence-corrected chi connectivity index (χ1v) is 4.67. The lowest BCUT2D eigenvalue weighted by atomic mass is 10.1. The average Bonchev–Trinajstić information content (AvgIpc) is 2.64. The fourth-order valence-electron chi connectivity index (χ4n) is 1.98. The summed E-state index contributed by atoms with van der Waals surface area (Å²) in [5.41, 5.74) is 5.72. The van der Waals surface area contributed by atoms with Crippen LogP contribution in [0.5, 0.6) is 0 Å². The zero-order valence-corrected chi connectivity index (χ0v) is 9.95. The Balaban J connectivity index is 0.000000980. The van der Waals surface area contributed by atoms with Crippen LogP contribution in [0.2, 0.25) is 0 Å². The Morgan fingerprint density at radius 2 is 2.13 bits per heavy atom. The van der Waals surface area contributed by atoms with Gasteiger partial charge in [-0.05, 0) is 24.8 Å². The van der Waals surface area contributed by atoms with Gasteiger partial charge in [-0.25, -0.2) is 0 Å². The van der Waals surface area contributed by atoms with E-state index in [1.54, 1.807) is 6.20 Å². The van der Waals surface area contributed by atoms with Crippen molar-refractivity contribution in [2.24, 2.45) is 11.7 Å². The fourth-order valence-corrected chi connectivity index (χ4v) is 1.98. The fraction of sp³-hybridized carbons (Fsp3) is 0.667. The summed E-state index contributed by atoms with van der Waals surface area (Å²) < 4.78 is 1.90. The SMILES string of the molecule is Cl.Cl.N[C@@H]1CC(Cn2cccn2)C[C@H]1O. The summed E-state index contributed by atoms with van der Waals surface area (Å²) in [6.07, 6.45) is 5.10. The van der Waals surface area contributed by atoms with Gasteiger partial charge in [-0.2, -0.15) is 5.10 Å². The van der Waals surface area contributed by atoms with E-state index >= 15 is 0 Å². The quantitative estimate of drug-likeness (QED) is 0.821. The maximum Gasteiger partial charge on any atom is 0.0694 e. The zero-order chi connectivity index (χ0) is 9.26. The van der Waals surface area contributed by atoms with Crippen molar-refractivity contribution in [3.63, 3.8) is 0 Å². The summed E-state index contributed by atoms with van der Waals surface area (Å²) >= 11 is 0. The molecule has 1 unspecified atom stereocenters. The van der Waals surface area contributed by atoms with Crippen molar-refractivity contribution in [2.45, 2.75) is 31.5 Å². The van der Waals surface area contributed by atoms with Gasteiger partial charge in [-0.15, -0.1) is 24.8 Å². The Morgan fingerprint density at radius 1 is 1.40 bits per heavy atom. The van der Waals surface area contributed by atoms with Crippen molar-refractivity contribution in [1.29, 1.82) is 0 Å². The van der Waals surface area contributed by atoms with Gasteiger partial charge >= 0.3 is 0 Å². The molecule has 0 aliphatic heterocycles. The second-order valence-corrected chi connectivity index (χ2v) is 3.80. The molecule has 1 saturated carbocycles. The summed E-state index contributed by atoms with van der Waals surface area (Å²) in [6.45, 7) is 0.873. The first-order chi connectivity index (χ1) is 6.25. The monoisotopic (exact) mass is 253 g/mol. The van der Waals surface area contributed by atoms with Gasteiger partial charge in [-0.3, -0.25) is 4.68 Å². The number of hydrogen-bond donors (Lipinski definition) is 2. The van der Waals surface area contributed by atoms with E-state index in [4.69, 9.17) is 5.73 Å². The van der Waals surface area contributed by atoms with Gasteiger partial charge in [0, 0.05) is 25.0 Å². The molecule has 0 saturated heterocycles. The Kier molecular flexibility index (Phi) is 6.20. The van der Waals surface area contributed by atoms with E-state index in [1.165, 1.54) is 0 Å².